The molecule has 0 aliphatic carbocycles. The smallest absolute Gasteiger partial charge is 0.305 e. The molecule has 96 valence electrons. The third kappa shape index (κ3) is 2.64. The summed E-state index contributed by atoms with van der Waals surface area (Å²) in [4.78, 5) is 27.8. The zero-order valence-electron chi connectivity index (χ0n) is 9.67. The van der Waals surface area contributed by atoms with Gasteiger partial charge in [0, 0.05) is 12.6 Å². The molecule has 1 aromatic heterocycles. The summed E-state index contributed by atoms with van der Waals surface area (Å²) in [6.45, 7) is 0.495. The Morgan fingerprint density at radius 2 is 2.28 bits per heavy atom. The second-order valence-electron chi connectivity index (χ2n) is 4.24. The Kier molecular flexibility index (Phi) is 3.55. The Hall–Kier alpha value is -1.98. The molecular formula is C12H13FN2O3. The van der Waals surface area contributed by atoms with E-state index in [9.17, 15) is 14.0 Å². The maximum atomic E-state index is 12.9. The van der Waals surface area contributed by atoms with Crippen molar-refractivity contribution in [2.24, 2.45) is 0 Å². The molecule has 1 aliphatic rings. The first-order valence-electron chi connectivity index (χ1n) is 5.73. The van der Waals surface area contributed by atoms with Crippen molar-refractivity contribution in [3.05, 3.63) is 29.8 Å². The summed E-state index contributed by atoms with van der Waals surface area (Å²) >= 11 is 0. The Morgan fingerprint density at radius 3 is 2.94 bits per heavy atom. The maximum Gasteiger partial charge on any atom is 0.305 e. The average molecular weight is 252 g/mol. The van der Waals surface area contributed by atoms with E-state index in [4.69, 9.17) is 5.11 Å². The monoisotopic (exact) mass is 252 g/mol. The molecular weight excluding hydrogens is 239 g/mol. The van der Waals surface area contributed by atoms with Crippen molar-refractivity contribution in [2.45, 2.75) is 25.3 Å². The first-order chi connectivity index (χ1) is 8.58. The summed E-state index contributed by atoms with van der Waals surface area (Å²) < 4.78 is 12.9. The molecule has 0 bridgehead atoms. The van der Waals surface area contributed by atoms with Crippen LogP contribution < -0.4 is 0 Å². The van der Waals surface area contributed by atoms with E-state index in [1.54, 1.807) is 0 Å². The highest BCUT2D eigenvalue weighted by Crippen LogP contribution is 2.22. The van der Waals surface area contributed by atoms with Crippen LogP contribution in [0.1, 0.15) is 29.8 Å². The maximum absolute atomic E-state index is 12.9. The third-order valence-electron chi connectivity index (χ3n) is 2.98. The van der Waals surface area contributed by atoms with Gasteiger partial charge in [0.05, 0.1) is 6.42 Å². The molecule has 1 aromatic rings. The van der Waals surface area contributed by atoms with E-state index >= 15 is 0 Å². The van der Waals surface area contributed by atoms with Crippen LogP contribution in [0.25, 0.3) is 0 Å². The van der Waals surface area contributed by atoms with Crippen molar-refractivity contribution in [1.29, 1.82) is 0 Å². The normalized spacial score (nSPS) is 18.9. The lowest BCUT2D eigenvalue weighted by Crippen LogP contribution is -2.37. The lowest BCUT2D eigenvalue weighted by molar-refractivity contribution is -0.137. The summed E-state index contributed by atoms with van der Waals surface area (Å²) in [7, 11) is 0. The minimum atomic E-state index is -0.938. The number of amides is 1. The van der Waals surface area contributed by atoms with Crippen LogP contribution in [0.2, 0.25) is 0 Å². The van der Waals surface area contributed by atoms with E-state index in [2.05, 4.69) is 4.98 Å². The van der Waals surface area contributed by atoms with Crippen LogP contribution in [0.15, 0.2) is 18.2 Å². The first-order valence-corrected chi connectivity index (χ1v) is 5.73. The van der Waals surface area contributed by atoms with Crippen LogP contribution in [0.4, 0.5) is 4.39 Å². The number of carboxylic acid groups (broad SMARTS) is 1. The van der Waals surface area contributed by atoms with Crippen molar-refractivity contribution in [2.75, 3.05) is 6.54 Å². The molecule has 18 heavy (non-hydrogen) atoms. The van der Waals surface area contributed by atoms with E-state index in [0.29, 0.717) is 13.0 Å². The zero-order valence-corrected chi connectivity index (χ0v) is 9.67. The third-order valence-corrected chi connectivity index (χ3v) is 2.98. The van der Waals surface area contributed by atoms with Crippen molar-refractivity contribution >= 4 is 11.9 Å². The SMILES string of the molecule is O=C(O)CC1CCCN1C(=O)c1cccc(F)n1. The number of hydrogen-bond acceptors (Lipinski definition) is 3. The van der Waals surface area contributed by atoms with E-state index < -0.39 is 17.8 Å². The van der Waals surface area contributed by atoms with Crippen LogP contribution in [-0.2, 0) is 4.79 Å². The molecule has 1 amide bonds. The largest absolute Gasteiger partial charge is 0.481 e. The van der Waals surface area contributed by atoms with Gasteiger partial charge < -0.3 is 10.0 Å². The van der Waals surface area contributed by atoms with Gasteiger partial charge in [-0.25, -0.2) is 4.98 Å². The predicted molar refractivity (Wildman–Crippen MR) is 60.5 cm³/mol. The van der Waals surface area contributed by atoms with Crippen LogP contribution in [-0.4, -0.2) is 39.5 Å². The fourth-order valence-electron chi connectivity index (χ4n) is 2.19. The Balaban J connectivity index is 2.15. The second-order valence-corrected chi connectivity index (χ2v) is 4.24. The molecule has 2 rings (SSSR count). The van der Waals surface area contributed by atoms with Gasteiger partial charge in [-0.05, 0) is 25.0 Å². The van der Waals surface area contributed by atoms with E-state index in [1.165, 1.54) is 17.0 Å². The summed E-state index contributed by atoms with van der Waals surface area (Å²) in [5.41, 5.74) is 0.0206. The van der Waals surface area contributed by atoms with Crippen LogP contribution in [0.3, 0.4) is 0 Å². The molecule has 1 unspecified atom stereocenters. The molecule has 5 nitrogen and oxygen atoms in total. The lowest BCUT2D eigenvalue weighted by Gasteiger charge is -2.22. The second kappa shape index (κ2) is 5.12. The molecule has 2 heterocycles. The molecule has 1 aliphatic heterocycles. The fraction of sp³-hybridized carbons (Fsp3) is 0.417. The highest BCUT2D eigenvalue weighted by Gasteiger charge is 2.31. The molecule has 1 fully saturated rings. The fourth-order valence-corrected chi connectivity index (χ4v) is 2.19. The van der Waals surface area contributed by atoms with Crippen molar-refractivity contribution in [3.63, 3.8) is 0 Å². The van der Waals surface area contributed by atoms with Crippen LogP contribution >= 0.6 is 0 Å². The van der Waals surface area contributed by atoms with Gasteiger partial charge in [-0.3, -0.25) is 9.59 Å². The standard InChI is InChI=1S/C12H13FN2O3/c13-10-5-1-4-9(14-10)12(18)15-6-2-3-8(15)7-11(16)17/h1,4-5,8H,2-3,6-7H2,(H,16,17). The molecule has 0 aromatic carbocycles. The predicted octanol–water partition coefficient (Wildman–Crippen LogP) is 1.30. The first kappa shape index (κ1) is 12.5. The topological polar surface area (TPSA) is 70.5 Å². The summed E-state index contributed by atoms with van der Waals surface area (Å²) in [6.07, 6.45) is 1.34. The number of carbonyl (C=O) groups is 2. The lowest BCUT2D eigenvalue weighted by atomic mass is 10.1. The summed E-state index contributed by atoms with van der Waals surface area (Å²) in [5.74, 6) is -2.06. The van der Waals surface area contributed by atoms with E-state index in [1.807, 2.05) is 0 Å². The van der Waals surface area contributed by atoms with Gasteiger partial charge in [0.2, 0.25) is 5.95 Å². The molecule has 1 atom stereocenters. The Labute approximate surface area is 103 Å². The van der Waals surface area contributed by atoms with Gasteiger partial charge in [-0.15, -0.1) is 0 Å². The number of aromatic nitrogens is 1. The molecule has 0 radical (unpaired) electrons. The zero-order chi connectivity index (χ0) is 13.1. The molecule has 6 heteroatoms. The number of nitrogens with zero attached hydrogens (tertiary/aromatic N) is 2. The van der Waals surface area contributed by atoms with Crippen LogP contribution in [0.5, 0.6) is 0 Å². The number of halogens is 1. The quantitative estimate of drug-likeness (QED) is 0.823. The minimum absolute atomic E-state index is 0.0206. The Morgan fingerprint density at radius 1 is 1.50 bits per heavy atom. The number of hydrogen-bond donors (Lipinski definition) is 1. The number of aliphatic carboxylic acids is 1. The van der Waals surface area contributed by atoms with Crippen molar-refractivity contribution in [3.8, 4) is 0 Å². The van der Waals surface area contributed by atoms with Gasteiger partial charge >= 0.3 is 5.97 Å². The highest BCUT2D eigenvalue weighted by atomic mass is 19.1. The van der Waals surface area contributed by atoms with Crippen molar-refractivity contribution in [1.82, 2.24) is 9.88 Å². The molecule has 0 saturated carbocycles. The summed E-state index contributed by atoms with van der Waals surface area (Å²) in [5, 5.41) is 8.77. The Bertz CT molecular complexity index is 478. The summed E-state index contributed by atoms with van der Waals surface area (Å²) in [6, 6.07) is 3.69. The van der Waals surface area contributed by atoms with Gasteiger partial charge in [-0.1, -0.05) is 6.07 Å². The molecule has 1 saturated heterocycles. The number of carbonyl (C=O) groups excluding carboxylic acids is 1. The minimum Gasteiger partial charge on any atom is -0.481 e. The van der Waals surface area contributed by atoms with Crippen LogP contribution in [0, 0.1) is 5.95 Å². The van der Waals surface area contributed by atoms with Crippen molar-refractivity contribution < 1.29 is 19.1 Å². The number of carboxylic acids is 1. The van der Waals surface area contributed by atoms with Gasteiger partial charge in [0.1, 0.15) is 5.69 Å². The van der Waals surface area contributed by atoms with Gasteiger partial charge in [0.25, 0.3) is 5.91 Å². The van der Waals surface area contributed by atoms with Gasteiger partial charge in [0.15, 0.2) is 0 Å². The molecule has 1 N–H and O–H groups in total. The van der Waals surface area contributed by atoms with E-state index in [-0.39, 0.29) is 18.2 Å². The highest BCUT2D eigenvalue weighted by molar-refractivity contribution is 5.93. The average Bonchev–Trinajstić information content (AvgIpc) is 2.75. The number of likely N-dealkylation sites (tertiary alicyclic amines) is 1. The van der Waals surface area contributed by atoms with E-state index in [0.717, 1.165) is 12.5 Å². The number of rotatable bonds is 3. The molecule has 0 spiro atoms. The van der Waals surface area contributed by atoms with Gasteiger partial charge in [-0.2, -0.15) is 4.39 Å². The number of pyridine rings is 1.